The van der Waals surface area contributed by atoms with Crippen LogP contribution in [0.15, 0.2) is 47.6 Å². The molecule has 0 unspecified atom stereocenters. The standard InChI is InChI=1S/C15H9Cl2FN4S/c16-12-5-2-6-13(17)11(12)8-19-22-14(20-21-15(22)23)9-3-1-4-10(18)7-9/h1-8H,(H,21,23)/b19-8-. The largest absolute Gasteiger partial charge is 0.250 e. The molecule has 0 saturated heterocycles. The van der Waals surface area contributed by atoms with Crippen molar-refractivity contribution in [3.05, 3.63) is 68.7 Å². The summed E-state index contributed by atoms with van der Waals surface area (Å²) >= 11 is 17.4. The highest BCUT2D eigenvalue weighted by Gasteiger charge is 2.09. The van der Waals surface area contributed by atoms with Crippen molar-refractivity contribution >= 4 is 41.6 Å². The quantitative estimate of drug-likeness (QED) is 0.527. The van der Waals surface area contributed by atoms with Gasteiger partial charge in [0.15, 0.2) is 5.82 Å². The first kappa shape index (κ1) is 15.9. The molecular formula is C15H9Cl2FN4S. The van der Waals surface area contributed by atoms with Crippen LogP contribution in [-0.2, 0) is 0 Å². The van der Waals surface area contributed by atoms with Gasteiger partial charge in [-0.25, -0.2) is 9.49 Å². The lowest BCUT2D eigenvalue weighted by molar-refractivity contribution is 0.628. The van der Waals surface area contributed by atoms with Crippen LogP contribution < -0.4 is 0 Å². The Balaban J connectivity index is 2.06. The second-order valence-corrected chi connectivity index (χ2v) is 5.76. The van der Waals surface area contributed by atoms with E-state index in [2.05, 4.69) is 15.3 Å². The van der Waals surface area contributed by atoms with Gasteiger partial charge in [-0.1, -0.05) is 41.4 Å². The minimum Gasteiger partial charge on any atom is -0.250 e. The third-order valence-electron chi connectivity index (χ3n) is 3.04. The Hall–Kier alpha value is -2.02. The van der Waals surface area contributed by atoms with E-state index in [0.29, 0.717) is 27.0 Å². The Labute approximate surface area is 146 Å². The van der Waals surface area contributed by atoms with Crippen LogP contribution in [0.4, 0.5) is 4.39 Å². The van der Waals surface area contributed by atoms with Gasteiger partial charge in [-0.3, -0.25) is 0 Å². The molecule has 3 aromatic rings. The zero-order chi connectivity index (χ0) is 16.4. The molecule has 4 nitrogen and oxygen atoms in total. The number of H-pyrrole nitrogens is 1. The number of aromatic amines is 1. The lowest BCUT2D eigenvalue weighted by Gasteiger charge is -2.03. The molecule has 116 valence electrons. The van der Waals surface area contributed by atoms with Gasteiger partial charge in [-0.2, -0.15) is 14.9 Å². The highest BCUT2D eigenvalue weighted by Crippen LogP contribution is 2.23. The van der Waals surface area contributed by atoms with Gasteiger partial charge in [0.1, 0.15) is 5.82 Å². The molecule has 0 aliphatic rings. The number of benzene rings is 2. The van der Waals surface area contributed by atoms with Crippen LogP contribution in [0, 0.1) is 10.6 Å². The lowest BCUT2D eigenvalue weighted by Crippen LogP contribution is -1.96. The van der Waals surface area contributed by atoms with E-state index in [-0.39, 0.29) is 10.6 Å². The van der Waals surface area contributed by atoms with Crippen LogP contribution in [0.3, 0.4) is 0 Å². The van der Waals surface area contributed by atoms with Crippen molar-refractivity contribution in [3.8, 4) is 11.4 Å². The highest BCUT2D eigenvalue weighted by molar-refractivity contribution is 7.71. The summed E-state index contributed by atoms with van der Waals surface area (Å²) in [6.45, 7) is 0. The van der Waals surface area contributed by atoms with Gasteiger partial charge in [0.2, 0.25) is 4.77 Å². The average molecular weight is 367 g/mol. The Morgan fingerprint density at radius 2 is 1.87 bits per heavy atom. The molecule has 0 atom stereocenters. The minimum absolute atomic E-state index is 0.267. The van der Waals surface area contributed by atoms with Crippen LogP contribution in [0.5, 0.6) is 0 Å². The maximum atomic E-state index is 13.4. The fraction of sp³-hybridized carbons (Fsp3) is 0. The number of rotatable bonds is 3. The second-order valence-electron chi connectivity index (χ2n) is 4.55. The molecule has 1 heterocycles. The molecule has 0 aliphatic carbocycles. The molecule has 0 bridgehead atoms. The summed E-state index contributed by atoms with van der Waals surface area (Å²) in [5, 5.41) is 11.9. The Kier molecular flexibility index (Phi) is 4.56. The van der Waals surface area contributed by atoms with Gasteiger partial charge < -0.3 is 0 Å². The van der Waals surface area contributed by atoms with Gasteiger partial charge in [0.05, 0.1) is 16.3 Å². The van der Waals surface area contributed by atoms with Crippen LogP contribution in [0.2, 0.25) is 10.0 Å². The van der Waals surface area contributed by atoms with E-state index in [1.165, 1.54) is 23.0 Å². The highest BCUT2D eigenvalue weighted by atomic mass is 35.5. The van der Waals surface area contributed by atoms with Crippen molar-refractivity contribution in [2.45, 2.75) is 0 Å². The number of nitrogens with one attached hydrogen (secondary N) is 1. The molecule has 1 aromatic heterocycles. The predicted octanol–water partition coefficient (Wildman–Crippen LogP) is 4.94. The summed E-state index contributed by atoms with van der Waals surface area (Å²) in [7, 11) is 0. The predicted molar refractivity (Wildman–Crippen MR) is 92.3 cm³/mol. The number of nitrogens with zero attached hydrogens (tertiary/aromatic N) is 3. The van der Waals surface area contributed by atoms with E-state index in [1.54, 1.807) is 30.3 Å². The van der Waals surface area contributed by atoms with Crippen molar-refractivity contribution in [3.63, 3.8) is 0 Å². The van der Waals surface area contributed by atoms with Crippen molar-refractivity contribution in [2.75, 3.05) is 0 Å². The summed E-state index contributed by atoms with van der Waals surface area (Å²) < 4.78 is 15.0. The Morgan fingerprint density at radius 1 is 1.17 bits per heavy atom. The summed E-state index contributed by atoms with van der Waals surface area (Å²) in [6.07, 6.45) is 1.48. The first-order chi connectivity index (χ1) is 11.1. The van der Waals surface area contributed by atoms with E-state index in [9.17, 15) is 4.39 Å². The number of hydrogen-bond acceptors (Lipinski definition) is 3. The second kappa shape index (κ2) is 6.62. The van der Waals surface area contributed by atoms with Gasteiger partial charge in [0, 0.05) is 11.1 Å². The molecule has 0 amide bonds. The van der Waals surface area contributed by atoms with Crippen molar-refractivity contribution < 1.29 is 4.39 Å². The molecule has 8 heteroatoms. The Bertz CT molecular complexity index is 928. The third kappa shape index (κ3) is 3.34. The Morgan fingerprint density at radius 3 is 2.57 bits per heavy atom. The molecule has 0 spiro atoms. The normalized spacial score (nSPS) is 11.3. The molecular weight excluding hydrogens is 358 g/mol. The maximum absolute atomic E-state index is 13.4. The molecule has 0 radical (unpaired) electrons. The van der Waals surface area contributed by atoms with E-state index in [0.717, 1.165) is 0 Å². The summed E-state index contributed by atoms with van der Waals surface area (Å²) in [5.41, 5.74) is 1.10. The van der Waals surface area contributed by atoms with Crippen LogP contribution in [-0.4, -0.2) is 21.1 Å². The molecule has 0 aliphatic heterocycles. The van der Waals surface area contributed by atoms with Gasteiger partial charge >= 0.3 is 0 Å². The molecule has 0 saturated carbocycles. The average Bonchev–Trinajstić information content (AvgIpc) is 2.88. The van der Waals surface area contributed by atoms with E-state index < -0.39 is 0 Å². The molecule has 0 fully saturated rings. The van der Waals surface area contributed by atoms with Crippen molar-refractivity contribution in [1.29, 1.82) is 0 Å². The monoisotopic (exact) mass is 366 g/mol. The van der Waals surface area contributed by atoms with Crippen LogP contribution >= 0.6 is 35.4 Å². The number of hydrogen-bond donors (Lipinski definition) is 1. The summed E-state index contributed by atoms with van der Waals surface area (Å²) in [4.78, 5) is 0. The lowest BCUT2D eigenvalue weighted by atomic mass is 10.2. The van der Waals surface area contributed by atoms with Gasteiger partial charge in [-0.05, 0) is 36.5 Å². The number of halogens is 3. The van der Waals surface area contributed by atoms with Gasteiger partial charge in [0.25, 0.3) is 0 Å². The first-order valence-electron chi connectivity index (χ1n) is 6.48. The maximum Gasteiger partial charge on any atom is 0.216 e. The van der Waals surface area contributed by atoms with E-state index in [1.807, 2.05) is 0 Å². The van der Waals surface area contributed by atoms with E-state index in [4.69, 9.17) is 35.4 Å². The first-order valence-corrected chi connectivity index (χ1v) is 7.64. The van der Waals surface area contributed by atoms with Crippen molar-refractivity contribution in [2.24, 2.45) is 5.10 Å². The molecule has 2 aromatic carbocycles. The summed E-state index contributed by atoms with van der Waals surface area (Å²) in [5.74, 6) is 0.00928. The molecule has 1 N–H and O–H groups in total. The summed E-state index contributed by atoms with van der Waals surface area (Å²) in [6, 6.07) is 11.1. The van der Waals surface area contributed by atoms with Crippen LogP contribution in [0.1, 0.15) is 5.56 Å². The number of aromatic nitrogens is 3. The fourth-order valence-electron chi connectivity index (χ4n) is 1.96. The third-order valence-corrected chi connectivity index (χ3v) is 3.96. The smallest absolute Gasteiger partial charge is 0.216 e. The topological polar surface area (TPSA) is 46.0 Å². The fourth-order valence-corrected chi connectivity index (χ4v) is 2.64. The zero-order valence-electron chi connectivity index (χ0n) is 11.5. The molecule has 3 rings (SSSR count). The van der Waals surface area contributed by atoms with E-state index >= 15 is 0 Å². The van der Waals surface area contributed by atoms with Crippen molar-refractivity contribution in [1.82, 2.24) is 14.9 Å². The SMILES string of the molecule is Fc1cccc(-c2n[nH]c(=S)n2/N=C\c2c(Cl)cccc2Cl)c1. The van der Waals surface area contributed by atoms with Crippen LogP contribution in [0.25, 0.3) is 11.4 Å². The zero-order valence-corrected chi connectivity index (χ0v) is 13.8. The van der Waals surface area contributed by atoms with Gasteiger partial charge in [-0.15, -0.1) is 0 Å². The molecule has 23 heavy (non-hydrogen) atoms. The minimum atomic E-state index is -0.374.